The fourth-order valence-corrected chi connectivity index (χ4v) is 2.15. The first-order valence-electron chi connectivity index (χ1n) is 5.76. The van der Waals surface area contributed by atoms with Gasteiger partial charge in [0.1, 0.15) is 5.82 Å². The van der Waals surface area contributed by atoms with Crippen LogP contribution in [-0.2, 0) is 0 Å². The van der Waals surface area contributed by atoms with Gasteiger partial charge in [-0.1, -0.05) is 25.3 Å². The van der Waals surface area contributed by atoms with E-state index in [0.717, 1.165) is 11.6 Å². The van der Waals surface area contributed by atoms with Gasteiger partial charge in [0.2, 0.25) is 0 Å². The van der Waals surface area contributed by atoms with Crippen molar-refractivity contribution in [1.82, 2.24) is 0 Å². The molecular formula is C13H18FN. The largest absolute Gasteiger partial charge is 0.382 e. The van der Waals surface area contributed by atoms with Crippen molar-refractivity contribution in [3.63, 3.8) is 0 Å². The van der Waals surface area contributed by atoms with E-state index in [-0.39, 0.29) is 5.82 Å². The summed E-state index contributed by atoms with van der Waals surface area (Å²) in [7, 11) is 0. The fraction of sp³-hybridized carbons (Fsp3) is 0.538. The van der Waals surface area contributed by atoms with Crippen molar-refractivity contribution in [3.8, 4) is 0 Å². The van der Waals surface area contributed by atoms with Crippen LogP contribution in [0.25, 0.3) is 0 Å². The molecule has 1 fully saturated rings. The first-order chi connectivity index (χ1) is 7.24. The smallest absolute Gasteiger partial charge is 0.125 e. The predicted molar refractivity (Wildman–Crippen MR) is 61.4 cm³/mol. The molecule has 1 aromatic rings. The maximum absolute atomic E-state index is 12.9. The quantitative estimate of drug-likeness (QED) is 0.791. The molecule has 1 atom stereocenters. The van der Waals surface area contributed by atoms with Crippen LogP contribution in [0.5, 0.6) is 0 Å². The van der Waals surface area contributed by atoms with Crippen LogP contribution in [0.4, 0.5) is 10.1 Å². The van der Waals surface area contributed by atoms with Crippen molar-refractivity contribution in [2.75, 3.05) is 5.32 Å². The maximum atomic E-state index is 12.9. The molecule has 0 aliphatic heterocycles. The highest BCUT2D eigenvalue weighted by atomic mass is 19.1. The van der Waals surface area contributed by atoms with Gasteiger partial charge in [0.25, 0.3) is 0 Å². The van der Waals surface area contributed by atoms with Crippen LogP contribution in [0.3, 0.4) is 0 Å². The second-order valence-electron chi connectivity index (χ2n) is 4.59. The molecule has 1 aliphatic carbocycles. The van der Waals surface area contributed by atoms with Gasteiger partial charge in [-0.2, -0.15) is 0 Å². The molecule has 2 rings (SSSR count). The molecule has 1 nitrogen and oxygen atoms in total. The summed E-state index contributed by atoms with van der Waals surface area (Å²) >= 11 is 0. The Morgan fingerprint density at radius 1 is 1.47 bits per heavy atom. The van der Waals surface area contributed by atoms with Crippen LogP contribution in [0.1, 0.15) is 32.6 Å². The zero-order valence-electron chi connectivity index (χ0n) is 9.17. The Labute approximate surface area is 90.7 Å². The van der Waals surface area contributed by atoms with Crippen LogP contribution >= 0.6 is 0 Å². The average Bonchev–Trinajstić information content (AvgIpc) is 2.11. The second-order valence-corrected chi connectivity index (χ2v) is 4.59. The summed E-state index contributed by atoms with van der Waals surface area (Å²) in [6.45, 7) is 2.17. The number of hydrogen-bond acceptors (Lipinski definition) is 1. The molecule has 1 aromatic carbocycles. The molecule has 0 radical (unpaired) electrons. The molecule has 82 valence electrons. The standard InChI is InChI=1S/C13H18FN/c1-10(8-11-4-2-5-11)15-13-7-3-6-12(14)9-13/h3,6-7,9-11,15H,2,4-5,8H2,1H3. The van der Waals surface area contributed by atoms with E-state index in [1.165, 1.54) is 31.7 Å². The SMILES string of the molecule is CC(CC1CCC1)Nc1cccc(F)c1. The molecule has 1 unspecified atom stereocenters. The summed E-state index contributed by atoms with van der Waals surface area (Å²) in [6.07, 6.45) is 5.33. The Balaban J connectivity index is 1.84. The summed E-state index contributed by atoms with van der Waals surface area (Å²) in [6, 6.07) is 7.13. The van der Waals surface area contributed by atoms with E-state index >= 15 is 0 Å². The van der Waals surface area contributed by atoms with Gasteiger partial charge in [0.15, 0.2) is 0 Å². The average molecular weight is 207 g/mol. The topological polar surface area (TPSA) is 12.0 Å². The van der Waals surface area contributed by atoms with Crippen LogP contribution in [-0.4, -0.2) is 6.04 Å². The molecule has 0 amide bonds. The summed E-state index contributed by atoms with van der Waals surface area (Å²) in [5, 5.41) is 3.34. The summed E-state index contributed by atoms with van der Waals surface area (Å²) in [5.41, 5.74) is 0.891. The highest BCUT2D eigenvalue weighted by Crippen LogP contribution is 2.31. The lowest BCUT2D eigenvalue weighted by molar-refractivity contribution is 0.286. The molecule has 1 aliphatic rings. The highest BCUT2D eigenvalue weighted by Gasteiger charge is 2.19. The highest BCUT2D eigenvalue weighted by molar-refractivity contribution is 5.43. The Bertz CT molecular complexity index is 320. The van der Waals surface area contributed by atoms with Gasteiger partial charge in [-0.15, -0.1) is 0 Å². The van der Waals surface area contributed by atoms with E-state index in [4.69, 9.17) is 0 Å². The second kappa shape index (κ2) is 4.65. The third kappa shape index (κ3) is 2.95. The van der Waals surface area contributed by atoms with Crippen LogP contribution in [0.15, 0.2) is 24.3 Å². The number of rotatable bonds is 4. The molecule has 0 bridgehead atoms. The predicted octanol–water partition coefficient (Wildman–Crippen LogP) is 3.82. The van der Waals surface area contributed by atoms with E-state index in [0.29, 0.717) is 6.04 Å². The summed E-state index contributed by atoms with van der Waals surface area (Å²) in [4.78, 5) is 0. The Morgan fingerprint density at radius 2 is 2.27 bits per heavy atom. The Kier molecular flexibility index (Phi) is 3.24. The van der Waals surface area contributed by atoms with Crippen LogP contribution < -0.4 is 5.32 Å². The fourth-order valence-electron chi connectivity index (χ4n) is 2.15. The van der Waals surface area contributed by atoms with E-state index in [1.807, 2.05) is 6.07 Å². The van der Waals surface area contributed by atoms with Gasteiger partial charge in [-0.25, -0.2) is 4.39 Å². The molecule has 15 heavy (non-hydrogen) atoms. The van der Waals surface area contributed by atoms with Gasteiger partial charge in [0, 0.05) is 11.7 Å². The van der Waals surface area contributed by atoms with Gasteiger partial charge in [0.05, 0.1) is 0 Å². The number of anilines is 1. The number of benzene rings is 1. The third-order valence-electron chi connectivity index (χ3n) is 3.15. The van der Waals surface area contributed by atoms with Gasteiger partial charge in [-0.3, -0.25) is 0 Å². The number of halogens is 1. The molecule has 2 heteroatoms. The molecule has 1 saturated carbocycles. The van der Waals surface area contributed by atoms with E-state index in [1.54, 1.807) is 12.1 Å². The minimum absolute atomic E-state index is 0.171. The van der Waals surface area contributed by atoms with Crippen LogP contribution in [0.2, 0.25) is 0 Å². The minimum atomic E-state index is -0.171. The molecule has 0 saturated heterocycles. The monoisotopic (exact) mass is 207 g/mol. The van der Waals surface area contributed by atoms with E-state index < -0.39 is 0 Å². The molecular weight excluding hydrogens is 189 g/mol. The number of nitrogens with one attached hydrogen (secondary N) is 1. The van der Waals surface area contributed by atoms with Gasteiger partial charge < -0.3 is 5.32 Å². The lowest BCUT2D eigenvalue weighted by Gasteiger charge is -2.28. The van der Waals surface area contributed by atoms with Crippen molar-refractivity contribution in [2.45, 2.75) is 38.6 Å². The lowest BCUT2D eigenvalue weighted by Crippen LogP contribution is -2.23. The van der Waals surface area contributed by atoms with Crippen molar-refractivity contribution in [1.29, 1.82) is 0 Å². The normalized spacial score (nSPS) is 18.3. The van der Waals surface area contributed by atoms with Crippen LogP contribution in [0, 0.1) is 11.7 Å². The zero-order valence-corrected chi connectivity index (χ0v) is 9.17. The van der Waals surface area contributed by atoms with Gasteiger partial charge >= 0.3 is 0 Å². The van der Waals surface area contributed by atoms with Crippen molar-refractivity contribution in [2.24, 2.45) is 5.92 Å². The summed E-state index contributed by atoms with van der Waals surface area (Å²) in [5.74, 6) is 0.719. The van der Waals surface area contributed by atoms with E-state index in [9.17, 15) is 4.39 Å². The third-order valence-corrected chi connectivity index (χ3v) is 3.15. The molecule has 0 aromatic heterocycles. The molecule has 1 N–H and O–H groups in total. The summed E-state index contributed by atoms with van der Waals surface area (Å²) < 4.78 is 12.9. The first-order valence-corrected chi connectivity index (χ1v) is 5.76. The van der Waals surface area contributed by atoms with Crippen molar-refractivity contribution >= 4 is 5.69 Å². The zero-order chi connectivity index (χ0) is 10.7. The lowest BCUT2D eigenvalue weighted by atomic mass is 9.81. The minimum Gasteiger partial charge on any atom is -0.382 e. The maximum Gasteiger partial charge on any atom is 0.125 e. The van der Waals surface area contributed by atoms with Crippen molar-refractivity contribution in [3.05, 3.63) is 30.1 Å². The van der Waals surface area contributed by atoms with E-state index in [2.05, 4.69) is 12.2 Å². The molecule has 0 spiro atoms. The Hall–Kier alpha value is -1.05. The van der Waals surface area contributed by atoms with Crippen molar-refractivity contribution < 1.29 is 4.39 Å². The number of hydrogen-bond donors (Lipinski definition) is 1. The van der Waals surface area contributed by atoms with Gasteiger partial charge in [-0.05, 0) is 37.5 Å². The first kappa shape index (κ1) is 10.5. The molecule has 0 heterocycles. The Morgan fingerprint density at radius 3 is 2.87 bits per heavy atom.